The average Bonchev–Trinajstić information content (AvgIpc) is 3.33. The third-order valence-corrected chi connectivity index (χ3v) is 9.03. The van der Waals surface area contributed by atoms with E-state index in [2.05, 4.69) is 64.4 Å². The molecule has 0 radical (unpaired) electrons. The lowest BCUT2D eigenvalue weighted by Gasteiger charge is -2.49. The molecule has 2 aliphatic heterocycles. The molecule has 4 aromatic carbocycles. The van der Waals surface area contributed by atoms with Crippen LogP contribution in [0.1, 0.15) is 50.5 Å². The van der Waals surface area contributed by atoms with E-state index in [4.69, 9.17) is 0 Å². The molecule has 0 bridgehead atoms. The maximum atomic E-state index is 2.91. The zero-order valence-corrected chi connectivity index (χ0v) is 19.1. The van der Waals surface area contributed by atoms with Gasteiger partial charge < -0.3 is 0 Å². The Morgan fingerprint density at radius 1 is 0.656 bits per heavy atom. The van der Waals surface area contributed by atoms with E-state index < -0.39 is 0 Å². The van der Waals surface area contributed by atoms with Crippen molar-refractivity contribution in [2.45, 2.75) is 63.6 Å². The van der Waals surface area contributed by atoms with Crippen molar-refractivity contribution < 1.29 is 0 Å². The molecule has 3 aliphatic rings. The Bertz CT molecular complexity index is 1240. The van der Waals surface area contributed by atoms with Gasteiger partial charge in [-0.3, -0.25) is 9.80 Å². The van der Waals surface area contributed by atoms with Gasteiger partial charge in [0.2, 0.25) is 0 Å². The molecule has 0 unspecified atom stereocenters. The van der Waals surface area contributed by atoms with Crippen molar-refractivity contribution in [2.24, 2.45) is 5.92 Å². The van der Waals surface area contributed by atoms with E-state index in [1.54, 1.807) is 0 Å². The van der Waals surface area contributed by atoms with Crippen LogP contribution < -0.4 is 0 Å². The van der Waals surface area contributed by atoms with E-state index in [9.17, 15) is 0 Å². The molecular weight excluding hydrogens is 388 g/mol. The normalized spacial score (nSPS) is 25.9. The van der Waals surface area contributed by atoms with Gasteiger partial charge in [-0.2, -0.15) is 0 Å². The number of rotatable bonds is 3. The quantitative estimate of drug-likeness (QED) is 0.335. The van der Waals surface area contributed by atoms with E-state index in [0.29, 0.717) is 0 Å². The summed E-state index contributed by atoms with van der Waals surface area (Å²) in [7, 11) is 0. The fraction of sp³-hybridized carbons (Fsp3) is 0.467. The summed E-state index contributed by atoms with van der Waals surface area (Å²) in [6.45, 7) is 4.94. The molecule has 0 spiro atoms. The van der Waals surface area contributed by atoms with Gasteiger partial charge in [-0.1, -0.05) is 73.9 Å². The molecule has 2 saturated heterocycles. The van der Waals surface area contributed by atoms with Crippen molar-refractivity contribution in [3.05, 3.63) is 60.2 Å². The molecule has 1 aliphatic carbocycles. The Hall–Kier alpha value is -2.16. The van der Waals surface area contributed by atoms with E-state index in [-0.39, 0.29) is 0 Å². The molecule has 0 aromatic heterocycles. The van der Waals surface area contributed by atoms with Gasteiger partial charge in [0.1, 0.15) is 0 Å². The number of piperazine rings is 1. The lowest BCUT2D eigenvalue weighted by Crippen LogP contribution is -2.59. The third-order valence-electron chi connectivity index (χ3n) is 9.03. The molecule has 0 N–H and O–H groups in total. The molecule has 1 saturated carbocycles. The monoisotopic (exact) mass is 422 g/mol. The zero-order chi connectivity index (χ0) is 21.1. The maximum absolute atomic E-state index is 2.91. The SMILES string of the molecule is c1cc2ccc3ccc(CN4CCN5CCC[C@H]5[C@@H]4C4CCCCC4)c4ccc(c1)c2c34. The zero-order valence-electron chi connectivity index (χ0n) is 19.1. The Morgan fingerprint density at radius 2 is 1.41 bits per heavy atom. The lowest BCUT2D eigenvalue weighted by atomic mass is 9.78. The second kappa shape index (κ2) is 7.71. The van der Waals surface area contributed by atoms with Crippen LogP contribution in [0.2, 0.25) is 0 Å². The van der Waals surface area contributed by atoms with Crippen molar-refractivity contribution in [1.82, 2.24) is 9.80 Å². The topological polar surface area (TPSA) is 6.48 Å². The summed E-state index contributed by atoms with van der Waals surface area (Å²) in [5.41, 5.74) is 1.53. The first-order chi connectivity index (χ1) is 15.9. The van der Waals surface area contributed by atoms with E-state index in [1.807, 2.05) is 0 Å². The summed E-state index contributed by atoms with van der Waals surface area (Å²) < 4.78 is 0. The van der Waals surface area contributed by atoms with Crippen LogP contribution in [-0.4, -0.2) is 41.5 Å². The van der Waals surface area contributed by atoms with Crippen LogP contribution in [0.3, 0.4) is 0 Å². The van der Waals surface area contributed by atoms with Gasteiger partial charge in [0.05, 0.1) is 0 Å². The highest BCUT2D eigenvalue weighted by Crippen LogP contribution is 2.40. The Kier molecular flexibility index (Phi) is 4.66. The minimum absolute atomic E-state index is 0.755. The van der Waals surface area contributed by atoms with Gasteiger partial charge in [0.15, 0.2) is 0 Å². The van der Waals surface area contributed by atoms with Crippen molar-refractivity contribution >= 4 is 32.3 Å². The summed E-state index contributed by atoms with van der Waals surface area (Å²) in [6, 6.07) is 22.5. The van der Waals surface area contributed by atoms with E-state index in [0.717, 1.165) is 24.5 Å². The van der Waals surface area contributed by atoms with Gasteiger partial charge >= 0.3 is 0 Å². The van der Waals surface area contributed by atoms with E-state index >= 15 is 0 Å². The number of hydrogen-bond acceptors (Lipinski definition) is 2. The Morgan fingerprint density at radius 3 is 2.25 bits per heavy atom. The summed E-state index contributed by atoms with van der Waals surface area (Å²) >= 11 is 0. The van der Waals surface area contributed by atoms with E-state index in [1.165, 1.54) is 102 Å². The highest BCUT2D eigenvalue weighted by Gasteiger charge is 2.43. The molecule has 2 heteroatoms. The number of hydrogen-bond donors (Lipinski definition) is 0. The van der Waals surface area contributed by atoms with Crippen molar-refractivity contribution in [3.8, 4) is 0 Å². The van der Waals surface area contributed by atoms with Gasteiger partial charge in [-0.25, -0.2) is 0 Å². The third kappa shape index (κ3) is 2.99. The summed E-state index contributed by atoms with van der Waals surface area (Å²) in [5, 5.41) is 8.54. The fourth-order valence-electron chi connectivity index (χ4n) is 7.59. The summed E-state index contributed by atoms with van der Waals surface area (Å²) in [6.07, 6.45) is 10.1. The van der Waals surface area contributed by atoms with Gasteiger partial charge in [0.25, 0.3) is 0 Å². The first-order valence-electron chi connectivity index (χ1n) is 13.0. The first-order valence-corrected chi connectivity index (χ1v) is 13.0. The number of nitrogens with zero attached hydrogens (tertiary/aromatic N) is 2. The highest BCUT2D eigenvalue weighted by molar-refractivity contribution is 6.23. The molecule has 2 atom stereocenters. The number of benzene rings is 4. The maximum Gasteiger partial charge on any atom is 0.0283 e. The van der Waals surface area contributed by atoms with Crippen molar-refractivity contribution in [2.75, 3.05) is 19.6 Å². The van der Waals surface area contributed by atoms with Crippen LogP contribution in [0.4, 0.5) is 0 Å². The minimum Gasteiger partial charge on any atom is -0.298 e. The predicted molar refractivity (Wildman–Crippen MR) is 136 cm³/mol. The van der Waals surface area contributed by atoms with Gasteiger partial charge in [0, 0.05) is 31.7 Å². The molecule has 32 heavy (non-hydrogen) atoms. The molecule has 2 nitrogen and oxygen atoms in total. The van der Waals surface area contributed by atoms with Crippen LogP contribution in [0.5, 0.6) is 0 Å². The van der Waals surface area contributed by atoms with Crippen LogP contribution in [0.25, 0.3) is 32.3 Å². The fourth-order valence-corrected chi connectivity index (χ4v) is 7.59. The smallest absolute Gasteiger partial charge is 0.0283 e. The molecule has 4 aromatic rings. The van der Waals surface area contributed by atoms with Crippen molar-refractivity contribution in [3.63, 3.8) is 0 Å². The number of fused-ring (bicyclic) bond motifs is 1. The first kappa shape index (κ1) is 19.3. The Labute approximate surface area is 191 Å². The van der Waals surface area contributed by atoms with Crippen LogP contribution in [-0.2, 0) is 6.54 Å². The van der Waals surface area contributed by atoms with Gasteiger partial charge in [-0.15, -0.1) is 0 Å². The standard InChI is InChI=1S/C30H34N2/c1-2-6-24(7-3-1)30-27-10-5-17-31(27)18-19-32(30)20-25-14-13-23-12-11-21-8-4-9-22-15-16-26(25)29(23)28(21)22/h4,8-9,11-16,24,27,30H,1-3,5-7,10,17-20H2/t27-,30-/m0/s1. The predicted octanol–water partition coefficient (Wildman–Crippen LogP) is 6.81. The molecule has 164 valence electrons. The molecule has 0 amide bonds. The summed E-state index contributed by atoms with van der Waals surface area (Å²) in [4.78, 5) is 5.74. The second-order valence-electron chi connectivity index (χ2n) is 10.7. The van der Waals surface area contributed by atoms with Crippen LogP contribution in [0.15, 0.2) is 54.6 Å². The molecule has 2 heterocycles. The molecular formula is C30H34N2. The summed E-state index contributed by atoms with van der Waals surface area (Å²) in [5.74, 6) is 0.898. The average molecular weight is 423 g/mol. The van der Waals surface area contributed by atoms with Crippen molar-refractivity contribution in [1.29, 1.82) is 0 Å². The minimum atomic E-state index is 0.755. The largest absolute Gasteiger partial charge is 0.298 e. The Balaban J connectivity index is 1.31. The van der Waals surface area contributed by atoms with Crippen LogP contribution in [0, 0.1) is 5.92 Å². The molecule has 3 fully saturated rings. The molecule has 7 rings (SSSR count). The second-order valence-corrected chi connectivity index (χ2v) is 10.7. The van der Waals surface area contributed by atoms with Gasteiger partial charge in [-0.05, 0) is 76.0 Å². The van der Waals surface area contributed by atoms with Crippen LogP contribution >= 0.6 is 0 Å². The highest BCUT2D eigenvalue weighted by atomic mass is 15.3. The lowest BCUT2D eigenvalue weighted by molar-refractivity contribution is -0.00357.